The number of rotatable bonds is 10. The molecule has 2 rings (SSSR count). The lowest BCUT2D eigenvalue weighted by Crippen LogP contribution is -2.40. The topological polar surface area (TPSA) is 99.1 Å². The molecule has 1 aromatic heterocycles. The normalized spacial score (nSPS) is 11.5. The van der Waals surface area contributed by atoms with Gasteiger partial charge in [-0.1, -0.05) is 44.2 Å². The molecule has 0 aliphatic heterocycles. The highest BCUT2D eigenvalue weighted by Gasteiger charge is 2.23. The van der Waals surface area contributed by atoms with Crippen LogP contribution in [0.3, 0.4) is 0 Å². The number of hydrogen-bond acceptors (Lipinski definition) is 6. The molecule has 2 aromatic rings. The molecule has 1 amide bonds. The molecule has 0 saturated carbocycles. The molecule has 0 saturated heterocycles. The molecule has 1 aromatic carbocycles. The van der Waals surface area contributed by atoms with E-state index in [1.165, 1.54) is 11.3 Å². The van der Waals surface area contributed by atoms with Gasteiger partial charge in [-0.25, -0.2) is 0 Å². The second-order valence-corrected chi connectivity index (χ2v) is 7.53. The molecule has 0 aliphatic carbocycles. The number of anilines is 1. The average Bonchev–Trinajstić information content (AvgIpc) is 3.14. The molecule has 28 heavy (non-hydrogen) atoms. The van der Waals surface area contributed by atoms with Crippen LogP contribution in [-0.4, -0.2) is 30.1 Å². The van der Waals surface area contributed by atoms with E-state index >= 15 is 0 Å². The van der Waals surface area contributed by atoms with Crippen LogP contribution in [0.1, 0.15) is 47.4 Å². The van der Waals surface area contributed by atoms with E-state index < -0.39 is 6.04 Å². The highest BCUT2D eigenvalue weighted by Crippen LogP contribution is 2.25. The van der Waals surface area contributed by atoms with Crippen LogP contribution in [0.15, 0.2) is 41.1 Å². The molecule has 0 unspecified atom stereocenters. The summed E-state index contributed by atoms with van der Waals surface area (Å²) in [4.78, 5) is 37.3. The molecule has 0 spiro atoms. The molecule has 6 nitrogen and oxygen atoms in total. The zero-order valence-electron chi connectivity index (χ0n) is 15.9. The number of nitrogens with zero attached hydrogens (tertiary/aromatic N) is 1. The molecule has 7 heteroatoms. The first-order valence-electron chi connectivity index (χ1n) is 9.01. The van der Waals surface area contributed by atoms with Gasteiger partial charge < -0.3 is 10.6 Å². The number of carbonyl (C=O) groups excluding carboxylic acids is 3. The number of thiophene rings is 1. The number of hydrogen-bond donors (Lipinski definition) is 2. The third-order valence-electron chi connectivity index (χ3n) is 4.07. The summed E-state index contributed by atoms with van der Waals surface area (Å²) in [5, 5.41) is 17.8. The fourth-order valence-corrected chi connectivity index (χ4v) is 3.53. The van der Waals surface area contributed by atoms with E-state index in [-0.39, 0.29) is 36.4 Å². The first-order valence-corrected chi connectivity index (χ1v) is 9.95. The summed E-state index contributed by atoms with van der Waals surface area (Å²) >= 11 is 1.33. The summed E-state index contributed by atoms with van der Waals surface area (Å²) in [5.41, 5.74) is 1.43. The maximum Gasteiger partial charge on any atom is 0.243 e. The van der Waals surface area contributed by atoms with Crippen LogP contribution in [0.2, 0.25) is 0 Å². The maximum absolute atomic E-state index is 12.7. The first kappa shape index (κ1) is 21.3. The standard InChI is InChI=1S/C21H23N3O3S/c1-14(2)10-17(21(27)23-9-8-22)24-18-13-28-12-16(18)20(26)11-19(25)15-6-4-3-5-7-15/h3-7,12-14,17,24H,9-11H2,1-2H3,(H,23,27)/t17-/m0/s1. The third-order valence-corrected chi connectivity index (χ3v) is 4.82. The van der Waals surface area contributed by atoms with Crippen LogP contribution in [0.5, 0.6) is 0 Å². The van der Waals surface area contributed by atoms with Crippen molar-refractivity contribution >= 4 is 34.5 Å². The van der Waals surface area contributed by atoms with Gasteiger partial charge in [-0.2, -0.15) is 5.26 Å². The van der Waals surface area contributed by atoms with Gasteiger partial charge in [-0.15, -0.1) is 11.3 Å². The number of nitrogens with one attached hydrogen (secondary N) is 2. The van der Waals surface area contributed by atoms with Crippen LogP contribution >= 0.6 is 11.3 Å². The molecule has 1 atom stereocenters. The number of ketones is 2. The Kier molecular flexibility index (Phi) is 7.90. The van der Waals surface area contributed by atoms with Crippen LogP contribution in [-0.2, 0) is 4.79 Å². The van der Waals surface area contributed by atoms with Crippen molar-refractivity contribution in [2.45, 2.75) is 32.7 Å². The highest BCUT2D eigenvalue weighted by atomic mass is 32.1. The number of Topliss-reactive ketones (excluding diaryl/α,β-unsaturated/α-hetero) is 2. The Bertz CT molecular complexity index is 869. The first-order chi connectivity index (χ1) is 13.4. The van der Waals surface area contributed by atoms with E-state index in [9.17, 15) is 14.4 Å². The van der Waals surface area contributed by atoms with Gasteiger partial charge in [0.2, 0.25) is 5.91 Å². The van der Waals surface area contributed by atoms with E-state index in [4.69, 9.17) is 5.26 Å². The lowest BCUT2D eigenvalue weighted by molar-refractivity contribution is -0.121. The maximum atomic E-state index is 12.7. The van der Waals surface area contributed by atoms with Crippen LogP contribution in [0.25, 0.3) is 0 Å². The Morgan fingerprint density at radius 3 is 2.46 bits per heavy atom. The summed E-state index contributed by atoms with van der Waals surface area (Å²) in [7, 11) is 0. The monoisotopic (exact) mass is 397 g/mol. The number of benzene rings is 1. The second kappa shape index (κ2) is 10.4. The number of carbonyl (C=O) groups is 3. The summed E-state index contributed by atoms with van der Waals surface area (Å²) in [6.45, 7) is 3.91. The predicted molar refractivity (Wildman–Crippen MR) is 110 cm³/mol. The molecule has 0 radical (unpaired) electrons. The van der Waals surface area contributed by atoms with Gasteiger partial charge in [0.15, 0.2) is 11.6 Å². The SMILES string of the molecule is CC(C)C[C@H](Nc1cscc1C(=O)CC(=O)c1ccccc1)C(=O)NCC#N. The Balaban J connectivity index is 2.12. The van der Waals surface area contributed by atoms with Crippen LogP contribution in [0.4, 0.5) is 5.69 Å². The zero-order chi connectivity index (χ0) is 20.5. The van der Waals surface area contributed by atoms with Gasteiger partial charge in [-0.05, 0) is 12.3 Å². The average molecular weight is 398 g/mol. The zero-order valence-corrected chi connectivity index (χ0v) is 16.7. The summed E-state index contributed by atoms with van der Waals surface area (Å²) < 4.78 is 0. The van der Waals surface area contributed by atoms with E-state index in [1.54, 1.807) is 35.0 Å². The molecular weight excluding hydrogens is 374 g/mol. The van der Waals surface area contributed by atoms with Crippen LogP contribution < -0.4 is 10.6 Å². The largest absolute Gasteiger partial charge is 0.372 e. The van der Waals surface area contributed by atoms with Gasteiger partial charge in [0.05, 0.1) is 23.7 Å². The van der Waals surface area contributed by atoms with Crippen molar-refractivity contribution in [2.24, 2.45) is 5.92 Å². The van der Waals surface area contributed by atoms with Crippen molar-refractivity contribution in [3.05, 3.63) is 52.2 Å². The van der Waals surface area contributed by atoms with Crippen molar-refractivity contribution in [1.82, 2.24) is 5.32 Å². The molecule has 1 heterocycles. The molecule has 2 N–H and O–H groups in total. The summed E-state index contributed by atoms with van der Waals surface area (Å²) in [6, 6.07) is 10.00. The quantitative estimate of drug-likeness (QED) is 0.362. The molecule has 146 valence electrons. The Labute approximate surface area is 168 Å². The van der Waals surface area contributed by atoms with Crippen LogP contribution in [0, 0.1) is 17.2 Å². The fourth-order valence-electron chi connectivity index (χ4n) is 2.73. The fraction of sp³-hybridized carbons (Fsp3) is 0.333. The van der Waals surface area contributed by atoms with Gasteiger partial charge in [0, 0.05) is 16.3 Å². The van der Waals surface area contributed by atoms with Gasteiger partial charge in [0.25, 0.3) is 0 Å². The van der Waals surface area contributed by atoms with Crippen molar-refractivity contribution in [1.29, 1.82) is 5.26 Å². The molecule has 0 aliphatic rings. The third kappa shape index (κ3) is 6.03. The predicted octanol–water partition coefficient (Wildman–Crippen LogP) is 3.67. The van der Waals surface area contributed by atoms with Crippen molar-refractivity contribution in [3.63, 3.8) is 0 Å². The summed E-state index contributed by atoms with van der Waals surface area (Å²) in [5.74, 6) is -0.588. The van der Waals surface area contributed by atoms with Crippen molar-refractivity contribution in [3.8, 4) is 6.07 Å². The minimum absolute atomic E-state index is 0.0733. The molecular formula is C21H23N3O3S. The van der Waals surface area contributed by atoms with E-state index in [0.29, 0.717) is 23.2 Å². The Morgan fingerprint density at radius 2 is 1.82 bits per heavy atom. The number of amides is 1. The minimum Gasteiger partial charge on any atom is -0.372 e. The second-order valence-electron chi connectivity index (χ2n) is 6.79. The minimum atomic E-state index is -0.570. The smallest absolute Gasteiger partial charge is 0.243 e. The van der Waals surface area contributed by atoms with E-state index in [0.717, 1.165) is 0 Å². The molecule has 0 bridgehead atoms. The highest BCUT2D eigenvalue weighted by molar-refractivity contribution is 7.08. The lowest BCUT2D eigenvalue weighted by atomic mass is 10.0. The Hall–Kier alpha value is -2.98. The molecule has 0 fully saturated rings. The van der Waals surface area contributed by atoms with Gasteiger partial charge in [0.1, 0.15) is 12.6 Å². The summed E-state index contributed by atoms with van der Waals surface area (Å²) in [6.07, 6.45) is 0.314. The van der Waals surface area contributed by atoms with E-state index in [2.05, 4.69) is 10.6 Å². The van der Waals surface area contributed by atoms with Gasteiger partial charge in [-0.3, -0.25) is 14.4 Å². The number of nitriles is 1. The lowest BCUT2D eigenvalue weighted by Gasteiger charge is -2.20. The van der Waals surface area contributed by atoms with Gasteiger partial charge >= 0.3 is 0 Å². The van der Waals surface area contributed by atoms with Crippen molar-refractivity contribution < 1.29 is 14.4 Å². The Morgan fingerprint density at radius 1 is 1.11 bits per heavy atom. The van der Waals surface area contributed by atoms with E-state index in [1.807, 2.05) is 26.0 Å². The van der Waals surface area contributed by atoms with Crippen molar-refractivity contribution in [2.75, 3.05) is 11.9 Å².